The summed E-state index contributed by atoms with van der Waals surface area (Å²) in [5, 5.41) is 0. The number of carbonyl (C=O) groups excluding carboxylic acids is 1. The van der Waals surface area contributed by atoms with Gasteiger partial charge in [0.15, 0.2) is 0 Å². The summed E-state index contributed by atoms with van der Waals surface area (Å²) in [6.07, 6.45) is 8.00. The van der Waals surface area contributed by atoms with Crippen molar-refractivity contribution in [2.24, 2.45) is 5.92 Å². The number of hydrogen-bond donors (Lipinski definition) is 0. The molecule has 0 bridgehead atoms. The molecule has 13 heavy (non-hydrogen) atoms. The molecule has 0 amide bonds. The Hall–Kier alpha value is -1.05. The van der Waals surface area contributed by atoms with Crippen LogP contribution in [-0.2, 0) is 9.53 Å². The number of hydrogen-bond acceptors (Lipinski definition) is 2. The molecule has 0 aliphatic carbocycles. The third-order valence-corrected chi connectivity index (χ3v) is 1.36. The van der Waals surface area contributed by atoms with Crippen LogP contribution in [0, 0.1) is 5.92 Å². The van der Waals surface area contributed by atoms with E-state index in [0.29, 0.717) is 18.9 Å². The van der Waals surface area contributed by atoms with Gasteiger partial charge in [-0.2, -0.15) is 0 Å². The second-order valence-electron chi connectivity index (χ2n) is 3.23. The predicted molar refractivity (Wildman–Crippen MR) is 54.4 cm³/mol. The first-order chi connectivity index (χ1) is 6.16. The highest BCUT2D eigenvalue weighted by Crippen LogP contribution is 2.00. The van der Waals surface area contributed by atoms with Crippen molar-refractivity contribution in [3.63, 3.8) is 0 Å². The van der Waals surface area contributed by atoms with Crippen molar-refractivity contribution in [1.82, 2.24) is 0 Å². The quantitative estimate of drug-likeness (QED) is 0.482. The monoisotopic (exact) mass is 182 g/mol. The van der Waals surface area contributed by atoms with E-state index in [9.17, 15) is 4.79 Å². The van der Waals surface area contributed by atoms with Gasteiger partial charge in [-0.15, -0.1) is 0 Å². The Bertz CT molecular complexity index is 190. The van der Waals surface area contributed by atoms with Gasteiger partial charge in [-0.25, -0.2) is 0 Å². The molecule has 0 aromatic heterocycles. The molecule has 0 atom stereocenters. The first-order valence-electron chi connectivity index (χ1n) is 4.60. The molecule has 0 rings (SSSR count). The fourth-order valence-electron chi connectivity index (χ4n) is 0.779. The maximum Gasteiger partial charge on any atom is 0.306 e. The molecule has 0 fully saturated rings. The van der Waals surface area contributed by atoms with Gasteiger partial charge >= 0.3 is 5.97 Å². The summed E-state index contributed by atoms with van der Waals surface area (Å²) in [6.45, 7) is 6.30. The minimum atomic E-state index is -0.125. The minimum absolute atomic E-state index is 0.125. The molecule has 2 heteroatoms. The van der Waals surface area contributed by atoms with Crippen LogP contribution < -0.4 is 0 Å². The Balaban J connectivity index is 3.47. The maximum atomic E-state index is 11.0. The number of esters is 1. The lowest BCUT2D eigenvalue weighted by Crippen LogP contribution is -2.07. The molecule has 0 N–H and O–H groups in total. The highest BCUT2D eigenvalue weighted by molar-refractivity contribution is 5.69. The second-order valence-corrected chi connectivity index (χ2v) is 3.23. The van der Waals surface area contributed by atoms with Crippen molar-refractivity contribution in [3.05, 3.63) is 24.3 Å². The van der Waals surface area contributed by atoms with Crippen LogP contribution in [0.4, 0.5) is 0 Å². The molecule has 0 saturated heterocycles. The zero-order valence-corrected chi connectivity index (χ0v) is 8.62. The SMILES string of the molecule is C/C=C/C=C/COC(=O)CC(C)C. The highest BCUT2D eigenvalue weighted by atomic mass is 16.5. The van der Waals surface area contributed by atoms with Gasteiger partial charge < -0.3 is 4.74 Å². The third kappa shape index (κ3) is 8.86. The van der Waals surface area contributed by atoms with E-state index in [1.807, 2.05) is 45.1 Å². The highest BCUT2D eigenvalue weighted by Gasteiger charge is 2.03. The standard InChI is InChI=1S/C11H18O2/c1-4-5-6-7-8-13-11(12)9-10(2)3/h4-7,10H,8-9H2,1-3H3/b5-4+,7-6+. The number of rotatable bonds is 5. The van der Waals surface area contributed by atoms with Crippen molar-refractivity contribution in [1.29, 1.82) is 0 Å². The number of allylic oxidation sites excluding steroid dienone is 3. The smallest absolute Gasteiger partial charge is 0.306 e. The van der Waals surface area contributed by atoms with Crippen molar-refractivity contribution >= 4 is 5.97 Å². The van der Waals surface area contributed by atoms with Crippen LogP contribution >= 0.6 is 0 Å². The van der Waals surface area contributed by atoms with Crippen LogP contribution in [0.25, 0.3) is 0 Å². The molecular formula is C11H18O2. The first kappa shape index (κ1) is 11.9. The summed E-state index contributed by atoms with van der Waals surface area (Å²) in [7, 11) is 0. The zero-order chi connectivity index (χ0) is 10.1. The summed E-state index contributed by atoms with van der Waals surface area (Å²) in [6, 6.07) is 0. The van der Waals surface area contributed by atoms with Crippen LogP contribution in [0.15, 0.2) is 24.3 Å². The van der Waals surface area contributed by atoms with Crippen LogP contribution in [-0.4, -0.2) is 12.6 Å². The average molecular weight is 182 g/mol. The van der Waals surface area contributed by atoms with Crippen molar-refractivity contribution in [3.8, 4) is 0 Å². The summed E-state index contributed by atoms with van der Waals surface area (Å²) >= 11 is 0. The lowest BCUT2D eigenvalue weighted by molar-refractivity contribution is -0.143. The molecule has 0 spiro atoms. The van der Waals surface area contributed by atoms with Gasteiger partial charge in [0.25, 0.3) is 0 Å². The van der Waals surface area contributed by atoms with E-state index in [4.69, 9.17) is 4.74 Å². The normalized spacial score (nSPS) is 11.7. The van der Waals surface area contributed by atoms with Gasteiger partial charge in [0, 0.05) is 6.42 Å². The van der Waals surface area contributed by atoms with E-state index in [0.717, 1.165) is 0 Å². The zero-order valence-electron chi connectivity index (χ0n) is 8.62. The van der Waals surface area contributed by atoms with Crippen LogP contribution in [0.1, 0.15) is 27.2 Å². The molecule has 0 aliphatic rings. The van der Waals surface area contributed by atoms with Crippen molar-refractivity contribution in [2.45, 2.75) is 27.2 Å². The molecule has 0 radical (unpaired) electrons. The van der Waals surface area contributed by atoms with Gasteiger partial charge in [0.1, 0.15) is 6.61 Å². The summed E-state index contributed by atoms with van der Waals surface area (Å²) in [5.74, 6) is 0.243. The topological polar surface area (TPSA) is 26.3 Å². The lowest BCUT2D eigenvalue weighted by Gasteiger charge is -2.03. The molecule has 0 saturated carbocycles. The molecule has 2 nitrogen and oxygen atoms in total. The van der Waals surface area contributed by atoms with E-state index in [-0.39, 0.29) is 5.97 Å². The molecular weight excluding hydrogens is 164 g/mol. The Morgan fingerprint density at radius 3 is 2.62 bits per heavy atom. The number of carbonyl (C=O) groups is 1. The van der Waals surface area contributed by atoms with Crippen LogP contribution in [0.2, 0.25) is 0 Å². The molecule has 0 aliphatic heterocycles. The fraction of sp³-hybridized carbons (Fsp3) is 0.545. The van der Waals surface area contributed by atoms with E-state index in [1.165, 1.54) is 0 Å². The predicted octanol–water partition coefficient (Wildman–Crippen LogP) is 2.71. The fourth-order valence-corrected chi connectivity index (χ4v) is 0.779. The lowest BCUT2D eigenvalue weighted by atomic mass is 10.1. The van der Waals surface area contributed by atoms with E-state index >= 15 is 0 Å². The Morgan fingerprint density at radius 1 is 1.38 bits per heavy atom. The van der Waals surface area contributed by atoms with Gasteiger partial charge in [0.05, 0.1) is 0 Å². The van der Waals surface area contributed by atoms with Gasteiger partial charge in [-0.05, 0) is 18.9 Å². The molecule has 0 heterocycles. The number of ether oxygens (including phenoxy) is 1. The van der Waals surface area contributed by atoms with E-state index in [1.54, 1.807) is 0 Å². The Labute approximate surface area is 80.3 Å². The van der Waals surface area contributed by atoms with Crippen LogP contribution in [0.5, 0.6) is 0 Å². The minimum Gasteiger partial charge on any atom is -0.461 e. The van der Waals surface area contributed by atoms with Gasteiger partial charge in [0.2, 0.25) is 0 Å². The molecule has 0 unspecified atom stereocenters. The molecule has 0 aromatic rings. The van der Waals surface area contributed by atoms with Gasteiger partial charge in [-0.1, -0.05) is 32.1 Å². The summed E-state index contributed by atoms with van der Waals surface area (Å²) < 4.78 is 4.94. The van der Waals surface area contributed by atoms with E-state index in [2.05, 4.69) is 0 Å². The first-order valence-corrected chi connectivity index (χ1v) is 4.60. The average Bonchev–Trinajstić information content (AvgIpc) is 2.02. The summed E-state index contributed by atoms with van der Waals surface area (Å²) in [4.78, 5) is 11.0. The van der Waals surface area contributed by atoms with Crippen molar-refractivity contribution in [2.75, 3.05) is 6.61 Å². The Morgan fingerprint density at radius 2 is 2.08 bits per heavy atom. The third-order valence-electron chi connectivity index (χ3n) is 1.36. The second kappa shape index (κ2) is 7.59. The largest absolute Gasteiger partial charge is 0.461 e. The van der Waals surface area contributed by atoms with Gasteiger partial charge in [-0.3, -0.25) is 4.79 Å². The summed E-state index contributed by atoms with van der Waals surface area (Å²) in [5.41, 5.74) is 0. The van der Waals surface area contributed by atoms with E-state index < -0.39 is 0 Å². The van der Waals surface area contributed by atoms with Crippen LogP contribution in [0.3, 0.4) is 0 Å². The molecule has 74 valence electrons. The molecule has 0 aromatic carbocycles. The Kier molecular flexibility index (Phi) is 6.98. The van der Waals surface area contributed by atoms with Crippen molar-refractivity contribution < 1.29 is 9.53 Å². The maximum absolute atomic E-state index is 11.0.